The lowest BCUT2D eigenvalue weighted by atomic mass is 10.0. The molecule has 0 saturated carbocycles. The van der Waals surface area contributed by atoms with E-state index >= 15 is 0 Å². The van der Waals surface area contributed by atoms with Crippen LogP contribution in [0, 0.1) is 0 Å². The zero-order valence-electron chi connectivity index (χ0n) is 16.7. The summed E-state index contributed by atoms with van der Waals surface area (Å²) in [5, 5.41) is 5.34. The first-order valence-electron chi connectivity index (χ1n) is 9.60. The van der Waals surface area contributed by atoms with Gasteiger partial charge in [-0.05, 0) is 17.7 Å². The highest BCUT2D eigenvalue weighted by Crippen LogP contribution is 2.24. The van der Waals surface area contributed by atoms with Crippen LogP contribution < -0.4 is 15.4 Å². The third-order valence-corrected chi connectivity index (χ3v) is 4.63. The zero-order valence-corrected chi connectivity index (χ0v) is 16.7. The third-order valence-electron chi connectivity index (χ3n) is 4.63. The Kier molecular flexibility index (Phi) is 5.89. The summed E-state index contributed by atoms with van der Waals surface area (Å²) in [4.78, 5) is 33.8. The van der Waals surface area contributed by atoms with E-state index in [9.17, 15) is 9.59 Å². The van der Waals surface area contributed by atoms with Gasteiger partial charge in [-0.3, -0.25) is 10.1 Å². The molecule has 8 nitrogen and oxygen atoms in total. The van der Waals surface area contributed by atoms with E-state index in [0.717, 1.165) is 5.56 Å². The van der Waals surface area contributed by atoms with E-state index in [0.29, 0.717) is 28.4 Å². The summed E-state index contributed by atoms with van der Waals surface area (Å²) in [5.74, 6) is -0.0619. The second kappa shape index (κ2) is 9.08. The van der Waals surface area contributed by atoms with E-state index in [4.69, 9.17) is 9.47 Å². The van der Waals surface area contributed by atoms with Crippen LogP contribution in [0.4, 0.5) is 10.5 Å². The van der Waals surface area contributed by atoms with Crippen LogP contribution in [0.2, 0.25) is 0 Å². The number of nitrogens with zero attached hydrogens (tertiary/aromatic N) is 2. The first-order chi connectivity index (χ1) is 15.1. The van der Waals surface area contributed by atoms with Gasteiger partial charge in [0.2, 0.25) is 12.0 Å². The van der Waals surface area contributed by atoms with Crippen LogP contribution in [0.25, 0.3) is 0 Å². The van der Waals surface area contributed by atoms with E-state index in [2.05, 4.69) is 20.6 Å². The molecule has 0 bridgehead atoms. The number of para-hydroxylation sites is 1. The predicted molar refractivity (Wildman–Crippen MR) is 115 cm³/mol. The highest BCUT2D eigenvalue weighted by Gasteiger charge is 2.27. The maximum absolute atomic E-state index is 12.8. The van der Waals surface area contributed by atoms with Gasteiger partial charge in [0.1, 0.15) is 6.61 Å². The molecule has 156 valence electrons. The van der Waals surface area contributed by atoms with Crippen molar-refractivity contribution in [2.45, 2.75) is 12.8 Å². The number of aliphatic imine (C=N–C) groups is 1. The van der Waals surface area contributed by atoms with Crippen LogP contribution in [0.1, 0.15) is 16.7 Å². The lowest BCUT2D eigenvalue weighted by molar-refractivity contribution is -0.117. The fourth-order valence-corrected chi connectivity index (χ4v) is 3.13. The second-order valence-corrected chi connectivity index (χ2v) is 6.71. The minimum absolute atomic E-state index is 0.0827. The molecule has 2 aromatic carbocycles. The number of amides is 2. The fourth-order valence-electron chi connectivity index (χ4n) is 3.13. The number of fused-ring (bicyclic) bond motifs is 1. The average Bonchev–Trinajstić information content (AvgIpc) is 2.95. The number of benzodiazepines with no additional fused rings is 1. The number of carbonyl (C=O) groups excluding carboxylic acids is 2. The first kappa shape index (κ1) is 20.1. The molecule has 2 N–H and O–H groups in total. The van der Waals surface area contributed by atoms with E-state index in [1.54, 1.807) is 24.4 Å². The van der Waals surface area contributed by atoms with E-state index < -0.39 is 18.2 Å². The number of ether oxygens (including phenoxy) is 2. The van der Waals surface area contributed by atoms with Gasteiger partial charge in [-0.2, -0.15) is 0 Å². The van der Waals surface area contributed by atoms with Crippen molar-refractivity contribution in [1.29, 1.82) is 0 Å². The van der Waals surface area contributed by atoms with Gasteiger partial charge in [0.15, 0.2) is 0 Å². The van der Waals surface area contributed by atoms with Gasteiger partial charge >= 0.3 is 6.09 Å². The molecule has 1 aromatic heterocycles. The van der Waals surface area contributed by atoms with Gasteiger partial charge in [-0.25, -0.2) is 14.8 Å². The number of anilines is 1. The van der Waals surface area contributed by atoms with Gasteiger partial charge < -0.3 is 14.8 Å². The van der Waals surface area contributed by atoms with Crippen molar-refractivity contribution in [2.75, 3.05) is 12.4 Å². The molecule has 31 heavy (non-hydrogen) atoms. The largest absolute Gasteiger partial charge is 0.481 e. The number of rotatable bonds is 5. The van der Waals surface area contributed by atoms with Crippen molar-refractivity contribution in [2.24, 2.45) is 4.99 Å². The molecule has 2 amide bonds. The number of benzene rings is 2. The number of pyridine rings is 1. The topological polar surface area (TPSA) is 102 Å². The van der Waals surface area contributed by atoms with Crippen molar-refractivity contribution < 1.29 is 19.1 Å². The Morgan fingerprint density at radius 2 is 1.87 bits per heavy atom. The Labute approximate surface area is 178 Å². The molecule has 0 radical (unpaired) electrons. The normalized spacial score (nSPS) is 15.1. The van der Waals surface area contributed by atoms with Crippen molar-refractivity contribution >= 4 is 23.4 Å². The Morgan fingerprint density at radius 3 is 2.68 bits per heavy atom. The molecule has 1 atom stereocenters. The highest BCUT2D eigenvalue weighted by atomic mass is 16.5. The van der Waals surface area contributed by atoms with Crippen LogP contribution in [0.15, 0.2) is 77.9 Å². The predicted octanol–water partition coefficient (Wildman–Crippen LogP) is 3.13. The Balaban J connectivity index is 1.61. The van der Waals surface area contributed by atoms with Gasteiger partial charge in [0.25, 0.3) is 5.91 Å². The summed E-state index contributed by atoms with van der Waals surface area (Å²) in [6.45, 7) is 0.0827. The molecule has 3 aromatic rings. The molecule has 0 aliphatic carbocycles. The average molecular weight is 416 g/mol. The summed E-state index contributed by atoms with van der Waals surface area (Å²) in [7, 11) is 1.52. The maximum Gasteiger partial charge on any atom is 0.409 e. The lowest BCUT2D eigenvalue weighted by Crippen LogP contribution is -2.42. The van der Waals surface area contributed by atoms with E-state index in [1.807, 2.05) is 48.5 Å². The monoisotopic (exact) mass is 416 g/mol. The van der Waals surface area contributed by atoms with E-state index in [1.165, 1.54) is 7.11 Å². The van der Waals surface area contributed by atoms with Crippen LogP contribution in [0.5, 0.6) is 5.88 Å². The minimum atomic E-state index is -1.18. The first-order valence-corrected chi connectivity index (χ1v) is 9.60. The fraction of sp³-hybridized carbons (Fsp3) is 0.130. The van der Waals surface area contributed by atoms with Crippen molar-refractivity contribution in [3.8, 4) is 5.88 Å². The molecule has 1 aliphatic rings. The summed E-state index contributed by atoms with van der Waals surface area (Å²) in [6, 6.07) is 20.0. The molecule has 0 fully saturated rings. The highest BCUT2D eigenvalue weighted by molar-refractivity contribution is 6.19. The summed E-state index contributed by atoms with van der Waals surface area (Å²) < 4.78 is 10.5. The van der Waals surface area contributed by atoms with Crippen LogP contribution >= 0.6 is 0 Å². The number of carbonyl (C=O) groups is 2. The van der Waals surface area contributed by atoms with Crippen molar-refractivity contribution in [3.63, 3.8) is 0 Å². The maximum atomic E-state index is 12.8. The summed E-state index contributed by atoms with van der Waals surface area (Å²) in [6.07, 6.45) is -0.328. The zero-order chi connectivity index (χ0) is 21.6. The second-order valence-electron chi connectivity index (χ2n) is 6.71. The Morgan fingerprint density at radius 1 is 1.10 bits per heavy atom. The molecular weight excluding hydrogens is 396 g/mol. The molecule has 8 heteroatoms. The van der Waals surface area contributed by atoms with Gasteiger partial charge in [-0.15, -0.1) is 0 Å². The van der Waals surface area contributed by atoms with Gasteiger partial charge in [0.05, 0.1) is 18.5 Å². The van der Waals surface area contributed by atoms with Crippen LogP contribution in [0.3, 0.4) is 0 Å². The van der Waals surface area contributed by atoms with Gasteiger partial charge in [-0.1, -0.05) is 48.5 Å². The number of alkyl carbamates (subject to hydrolysis) is 1. The standard InChI is InChI=1S/C23H20N4O4/c1-30-19-13-16(11-12-24-19)20-17-9-5-6-10-18(17)25-22(28)21(26-20)27-23(29)31-14-15-7-3-2-4-8-15/h2-13,21H,14H2,1H3,(H,25,28)(H,27,29). The minimum Gasteiger partial charge on any atom is -0.481 e. The molecule has 0 spiro atoms. The molecule has 0 saturated heterocycles. The number of nitrogens with one attached hydrogen (secondary N) is 2. The van der Waals surface area contributed by atoms with Crippen molar-refractivity contribution in [1.82, 2.24) is 10.3 Å². The summed E-state index contributed by atoms with van der Waals surface area (Å²) in [5.41, 5.74) is 3.35. The molecular formula is C23H20N4O4. The van der Waals surface area contributed by atoms with Crippen LogP contribution in [-0.4, -0.2) is 36.0 Å². The number of aromatic nitrogens is 1. The lowest BCUT2D eigenvalue weighted by Gasteiger charge is -2.13. The number of methoxy groups -OCH3 is 1. The quantitative estimate of drug-likeness (QED) is 0.665. The van der Waals surface area contributed by atoms with Crippen molar-refractivity contribution in [3.05, 3.63) is 89.6 Å². The Hall–Kier alpha value is -4.20. The molecule has 1 unspecified atom stereocenters. The molecule has 4 rings (SSSR count). The smallest absolute Gasteiger partial charge is 0.409 e. The number of hydrogen-bond donors (Lipinski definition) is 2. The van der Waals surface area contributed by atoms with E-state index in [-0.39, 0.29) is 6.61 Å². The third kappa shape index (κ3) is 4.69. The molecule has 2 heterocycles. The summed E-state index contributed by atoms with van der Waals surface area (Å²) >= 11 is 0. The molecule has 1 aliphatic heterocycles. The van der Waals surface area contributed by atoms with Gasteiger partial charge in [0, 0.05) is 23.4 Å². The van der Waals surface area contributed by atoms with Crippen LogP contribution in [-0.2, 0) is 16.1 Å². The SMILES string of the molecule is COc1cc(C2=NC(NC(=O)OCc3ccccc3)C(=O)Nc3ccccc32)ccn1. The number of hydrogen-bond acceptors (Lipinski definition) is 6. The Bertz CT molecular complexity index is 1130.